The largest absolute Gasteiger partial charge is 0.481 e. The van der Waals surface area contributed by atoms with Crippen molar-refractivity contribution in [1.29, 1.82) is 0 Å². The fourth-order valence-corrected chi connectivity index (χ4v) is 2.97. The van der Waals surface area contributed by atoms with E-state index in [4.69, 9.17) is 5.11 Å². The summed E-state index contributed by atoms with van der Waals surface area (Å²) in [6.45, 7) is 3.26. The summed E-state index contributed by atoms with van der Waals surface area (Å²) in [6, 6.07) is 3.18. The average Bonchev–Trinajstić information content (AvgIpc) is 2.15. The number of carboxylic acids is 1. The van der Waals surface area contributed by atoms with E-state index in [0.717, 1.165) is 0 Å². The standard InChI is InChI=1S/C12H14BrFO2S/c1-12(2,11(15)16)6-7-4-8(13)10(17-3)9(14)5-7/h4-5H,6H2,1-3H3,(H,15,16). The van der Waals surface area contributed by atoms with Crippen molar-refractivity contribution in [2.45, 2.75) is 25.2 Å². The Balaban J connectivity index is 3.06. The van der Waals surface area contributed by atoms with Gasteiger partial charge in [0.05, 0.1) is 10.3 Å². The Morgan fingerprint density at radius 3 is 2.53 bits per heavy atom. The highest BCUT2D eigenvalue weighted by atomic mass is 79.9. The summed E-state index contributed by atoms with van der Waals surface area (Å²) in [5, 5.41) is 9.03. The lowest BCUT2D eigenvalue weighted by atomic mass is 9.86. The van der Waals surface area contributed by atoms with E-state index in [1.165, 1.54) is 17.8 Å². The summed E-state index contributed by atoms with van der Waals surface area (Å²) in [4.78, 5) is 11.6. The Bertz CT molecular complexity index is 423. The third-order valence-electron chi connectivity index (χ3n) is 2.49. The smallest absolute Gasteiger partial charge is 0.309 e. The lowest BCUT2D eigenvalue weighted by molar-refractivity contribution is -0.146. The van der Waals surface area contributed by atoms with E-state index in [1.807, 2.05) is 0 Å². The minimum Gasteiger partial charge on any atom is -0.481 e. The molecule has 0 saturated carbocycles. The molecular weight excluding hydrogens is 307 g/mol. The van der Waals surface area contributed by atoms with Crippen molar-refractivity contribution in [2.75, 3.05) is 6.26 Å². The summed E-state index contributed by atoms with van der Waals surface area (Å²) < 4.78 is 14.4. The van der Waals surface area contributed by atoms with Gasteiger partial charge in [-0.25, -0.2) is 4.39 Å². The molecule has 0 aromatic heterocycles. The Hall–Kier alpha value is -0.550. The molecule has 17 heavy (non-hydrogen) atoms. The first-order chi connectivity index (χ1) is 7.77. The predicted molar refractivity (Wildman–Crippen MR) is 71.0 cm³/mol. The van der Waals surface area contributed by atoms with Gasteiger partial charge in [-0.3, -0.25) is 4.79 Å². The highest BCUT2D eigenvalue weighted by molar-refractivity contribution is 9.10. The monoisotopic (exact) mass is 320 g/mol. The normalized spacial score (nSPS) is 11.6. The Kier molecular flexibility index (Phi) is 4.61. The van der Waals surface area contributed by atoms with Crippen LogP contribution in [0.5, 0.6) is 0 Å². The number of rotatable bonds is 4. The number of aliphatic carboxylic acids is 1. The minimum atomic E-state index is -0.896. The molecule has 1 aromatic carbocycles. The fraction of sp³-hybridized carbons (Fsp3) is 0.417. The third kappa shape index (κ3) is 3.45. The van der Waals surface area contributed by atoms with E-state index < -0.39 is 11.4 Å². The van der Waals surface area contributed by atoms with Crippen LogP contribution in [-0.4, -0.2) is 17.3 Å². The van der Waals surface area contributed by atoms with Crippen LogP contribution in [0.3, 0.4) is 0 Å². The molecule has 1 N–H and O–H groups in total. The van der Waals surface area contributed by atoms with Crippen molar-refractivity contribution >= 4 is 33.7 Å². The molecule has 1 aromatic rings. The van der Waals surface area contributed by atoms with Gasteiger partial charge < -0.3 is 5.11 Å². The molecule has 0 aliphatic carbocycles. The van der Waals surface area contributed by atoms with Gasteiger partial charge >= 0.3 is 5.97 Å². The predicted octanol–water partition coefficient (Wildman–Crippen LogP) is 3.96. The molecule has 0 atom stereocenters. The molecular formula is C12H14BrFO2S. The van der Waals surface area contributed by atoms with E-state index in [0.29, 0.717) is 21.4 Å². The van der Waals surface area contributed by atoms with Gasteiger partial charge in [0, 0.05) is 4.47 Å². The Morgan fingerprint density at radius 2 is 2.12 bits per heavy atom. The molecule has 0 aliphatic heterocycles. The van der Waals surface area contributed by atoms with E-state index in [9.17, 15) is 9.18 Å². The van der Waals surface area contributed by atoms with Crippen LogP contribution in [0.2, 0.25) is 0 Å². The third-order valence-corrected chi connectivity index (χ3v) is 4.20. The summed E-state index contributed by atoms with van der Waals surface area (Å²) in [5.74, 6) is -1.20. The zero-order chi connectivity index (χ0) is 13.2. The van der Waals surface area contributed by atoms with Gasteiger partial charge in [-0.05, 0) is 60.2 Å². The molecule has 0 bridgehead atoms. The first-order valence-corrected chi connectivity index (χ1v) is 7.05. The zero-order valence-corrected chi connectivity index (χ0v) is 12.3. The second-order valence-electron chi connectivity index (χ2n) is 4.46. The molecule has 0 aliphatic rings. The van der Waals surface area contributed by atoms with E-state index in [2.05, 4.69) is 15.9 Å². The molecule has 0 heterocycles. The highest BCUT2D eigenvalue weighted by Gasteiger charge is 2.27. The van der Waals surface area contributed by atoms with Crippen LogP contribution in [0.1, 0.15) is 19.4 Å². The van der Waals surface area contributed by atoms with Gasteiger partial charge in [-0.15, -0.1) is 11.8 Å². The van der Waals surface area contributed by atoms with Crippen LogP contribution >= 0.6 is 27.7 Å². The first kappa shape index (κ1) is 14.5. The number of carbonyl (C=O) groups is 1. The number of hydrogen-bond acceptors (Lipinski definition) is 2. The van der Waals surface area contributed by atoms with Gasteiger partial charge in [-0.2, -0.15) is 0 Å². The lowest BCUT2D eigenvalue weighted by Gasteiger charge is -2.19. The van der Waals surface area contributed by atoms with Crippen molar-refractivity contribution in [3.05, 3.63) is 28.0 Å². The van der Waals surface area contributed by atoms with Crippen LogP contribution in [0, 0.1) is 11.2 Å². The van der Waals surface area contributed by atoms with Gasteiger partial charge in [0.1, 0.15) is 5.82 Å². The molecule has 94 valence electrons. The molecule has 2 nitrogen and oxygen atoms in total. The Morgan fingerprint density at radius 1 is 1.53 bits per heavy atom. The maximum absolute atomic E-state index is 13.7. The maximum atomic E-state index is 13.7. The number of thioether (sulfide) groups is 1. The number of carboxylic acid groups (broad SMARTS) is 1. The van der Waals surface area contributed by atoms with Crippen LogP contribution in [0.25, 0.3) is 0 Å². The second kappa shape index (κ2) is 5.40. The summed E-state index contributed by atoms with van der Waals surface area (Å²) in [6.07, 6.45) is 2.09. The van der Waals surface area contributed by atoms with Gasteiger partial charge in [0.15, 0.2) is 0 Å². The van der Waals surface area contributed by atoms with E-state index in [-0.39, 0.29) is 5.82 Å². The maximum Gasteiger partial charge on any atom is 0.309 e. The average molecular weight is 321 g/mol. The van der Waals surface area contributed by atoms with Crippen molar-refractivity contribution in [3.63, 3.8) is 0 Å². The van der Waals surface area contributed by atoms with Crippen LogP contribution in [0.15, 0.2) is 21.5 Å². The summed E-state index contributed by atoms with van der Waals surface area (Å²) >= 11 is 4.61. The van der Waals surface area contributed by atoms with Crippen molar-refractivity contribution < 1.29 is 14.3 Å². The second-order valence-corrected chi connectivity index (χ2v) is 6.13. The molecule has 0 unspecified atom stereocenters. The molecule has 1 rings (SSSR count). The molecule has 0 radical (unpaired) electrons. The molecule has 0 saturated heterocycles. The van der Waals surface area contributed by atoms with Crippen LogP contribution in [0.4, 0.5) is 4.39 Å². The number of hydrogen-bond donors (Lipinski definition) is 1. The summed E-state index contributed by atoms with van der Waals surface area (Å²) in [7, 11) is 0. The van der Waals surface area contributed by atoms with E-state index in [1.54, 1.807) is 26.2 Å². The topological polar surface area (TPSA) is 37.3 Å². The van der Waals surface area contributed by atoms with Crippen LogP contribution in [-0.2, 0) is 11.2 Å². The molecule has 5 heteroatoms. The Labute approximate surface area is 113 Å². The number of halogens is 2. The minimum absolute atomic E-state index is 0.298. The summed E-state index contributed by atoms with van der Waals surface area (Å²) in [5.41, 5.74) is -0.216. The SMILES string of the molecule is CSc1c(F)cc(CC(C)(C)C(=O)O)cc1Br. The molecule has 0 fully saturated rings. The van der Waals surface area contributed by atoms with Gasteiger partial charge in [-0.1, -0.05) is 0 Å². The van der Waals surface area contributed by atoms with Crippen molar-refractivity contribution in [2.24, 2.45) is 5.41 Å². The van der Waals surface area contributed by atoms with Gasteiger partial charge in [0.25, 0.3) is 0 Å². The highest BCUT2D eigenvalue weighted by Crippen LogP contribution is 2.32. The van der Waals surface area contributed by atoms with Gasteiger partial charge in [0.2, 0.25) is 0 Å². The molecule has 0 spiro atoms. The zero-order valence-electron chi connectivity index (χ0n) is 9.88. The van der Waals surface area contributed by atoms with Crippen molar-refractivity contribution in [1.82, 2.24) is 0 Å². The van der Waals surface area contributed by atoms with Crippen molar-refractivity contribution in [3.8, 4) is 0 Å². The molecule has 0 amide bonds. The lowest BCUT2D eigenvalue weighted by Crippen LogP contribution is -2.26. The van der Waals surface area contributed by atoms with E-state index >= 15 is 0 Å². The quantitative estimate of drug-likeness (QED) is 0.853. The first-order valence-electron chi connectivity index (χ1n) is 5.03. The fourth-order valence-electron chi connectivity index (χ4n) is 1.50. The van der Waals surface area contributed by atoms with Crippen LogP contribution < -0.4 is 0 Å². The number of benzene rings is 1.